The average molecular weight is 203 g/mol. The van der Waals surface area contributed by atoms with Gasteiger partial charge in [-0.3, -0.25) is 5.73 Å². The number of hydrogen-bond donors (Lipinski definition) is 1. The van der Waals surface area contributed by atoms with Crippen molar-refractivity contribution in [3.8, 4) is 0 Å². The van der Waals surface area contributed by atoms with Gasteiger partial charge in [-0.05, 0) is 20.3 Å². The van der Waals surface area contributed by atoms with E-state index < -0.39 is 5.91 Å². The number of nitrogens with two attached hydrogens (primary N) is 1. The summed E-state index contributed by atoms with van der Waals surface area (Å²) in [5.41, 5.74) is 5.96. The number of rotatable bonds is 9. The van der Waals surface area contributed by atoms with E-state index in [1.54, 1.807) is 0 Å². The molecule has 0 aromatic heterocycles. The Bertz CT molecular complexity index is 122. The smallest absolute Gasteiger partial charge is 0.224 e. The number of hydrogen-bond acceptors (Lipinski definition) is 3. The summed E-state index contributed by atoms with van der Waals surface area (Å²) >= 11 is 0. The van der Waals surface area contributed by atoms with Crippen molar-refractivity contribution in [3.63, 3.8) is 0 Å². The fourth-order valence-electron chi connectivity index (χ4n) is 1.47. The van der Waals surface area contributed by atoms with Crippen LogP contribution in [0.3, 0.4) is 0 Å². The van der Waals surface area contributed by atoms with E-state index in [-0.39, 0.29) is 0 Å². The summed E-state index contributed by atoms with van der Waals surface area (Å²) in [6.45, 7) is 7.27. The van der Waals surface area contributed by atoms with Gasteiger partial charge in [-0.25, -0.2) is 0 Å². The fraction of sp³-hybridized carbons (Fsp3) is 1.00. The Hall–Kier alpha value is -0.120. The van der Waals surface area contributed by atoms with Crippen molar-refractivity contribution in [1.82, 2.24) is 0 Å². The fourth-order valence-corrected chi connectivity index (χ4v) is 1.47. The molecular weight excluding hydrogens is 178 g/mol. The van der Waals surface area contributed by atoms with Crippen LogP contribution in [-0.2, 0) is 9.47 Å². The van der Waals surface area contributed by atoms with Gasteiger partial charge in [-0.1, -0.05) is 26.2 Å². The van der Waals surface area contributed by atoms with Gasteiger partial charge in [0.25, 0.3) is 0 Å². The van der Waals surface area contributed by atoms with Crippen LogP contribution in [0.2, 0.25) is 0 Å². The van der Waals surface area contributed by atoms with Gasteiger partial charge in [0.05, 0.1) is 0 Å². The summed E-state index contributed by atoms with van der Waals surface area (Å²) < 4.78 is 10.8. The summed E-state index contributed by atoms with van der Waals surface area (Å²) in [6.07, 6.45) is 5.56. The van der Waals surface area contributed by atoms with Crippen molar-refractivity contribution in [1.29, 1.82) is 0 Å². The molecule has 0 rings (SSSR count). The lowest BCUT2D eigenvalue weighted by atomic mass is 10.1. The minimum absolute atomic E-state index is 0.601. The lowest BCUT2D eigenvalue weighted by molar-refractivity contribution is -0.233. The van der Waals surface area contributed by atoms with E-state index in [1.807, 2.05) is 13.8 Å². The Morgan fingerprint density at radius 2 is 1.50 bits per heavy atom. The van der Waals surface area contributed by atoms with E-state index in [0.29, 0.717) is 13.2 Å². The van der Waals surface area contributed by atoms with Crippen LogP contribution in [-0.4, -0.2) is 19.1 Å². The zero-order valence-corrected chi connectivity index (χ0v) is 9.84. The molecule has 0 heterocycles. The largest absolute Gasteiger partial charge is 0.338 e. The first-order valence-corrected chi connectivity index (χ1v) is 5.75. The van der Waals surface area contributed by atoms with Crippen molar-refractivity contribution in [2.24, 2.45) is 5.73 Å². The third-order valence-corrected chi connectivity index (χ3v) is 2.16. The van der Waals surface area contributed by atoms with E-state index in [0.717, 1.165) is 12.8 Å². The predicted molar refractivity (Wildman–Crippen MR) is 58.9 cm³/mol. The maximum atomic E-state index is 5.96. The van der Waals surface area contributed by atoms with Gasteiger partial charge >= 0.3 is 0 Å². The first-order valence-electron chi connectivity index (χ1n) is 5.75. The van der Waals surface area contributed by atoms with Crippen LogP contribution >= 0.6 is 0 Å². The van der Waals surface area contributed by atoms with Gasteiger partial charge in [0.2, 0.25) is 5.91 Å². The van der Waals surface area contributed by atoms with E-state index in [2.05, 4.69) is 6.92 Å². The molecule has 0 atom stereocenters. The van der Waals surface area contributed by atoms with E-state index in [9.17, 15) is 0 Å². The van der Waals surface area contributed by atoms with E-state index >= 15 is 0 Å². The first-order chi connectivity index (χ1) is 6.68. The van der Waals surface area contributed by atoms with Crippen LogP contribution < -0.4 is 5.73 Å². The molecule has 0 bridgehead atoms. The summed E-state index contributed by atoms with van der Waals surface area (Å²) in [5, 5.41) is 0. The van der Waals surface area contributed by atoms with Gasteiger partial charge in [0.15, 0.2) is 0 Å². The highest BCUT2D eigenvalue weighted by Crippen LogP contribution is 2.16. The molecule has 0 amide bonds. The SMILES string of the molecule is CCCCCCC(N)(OCC)OCC. The second-order valence-corrected chi connectivity index (χ2v) is 3.49. The summed E-state index contributed by atoms with van der Waals surface area (Å²) in [6, 6.07) is 0. The molecule has 0 aromatic rings. The summed E-state index contributed by atoms with van der Waals surface area (Å²) in [5.74, 6) is -0.850. The van der Waals surface area contributed by atoms with Crippen molar-refractivity contribution in [3.05, 3.63) is 0 Å². The highest BCUT2D eigenvalue weighted by molar-refractivity contribution is 4.61. The van der Waals surface area contributed by atoms with Crippen LogP contribution in [0, 0.1) is 0 Å². The normalized spacial score (nSPS) is 12.0. The first kappa shape index (κ1) is 13.9. The maximum absolute atomic E-state index is 5.96. The second kappa shape index (κ2) is 8.21. The van der Waals surface area contributed by atoms with Gasteiger partial charge in [0.1, 0.15) is 0 Å². The second-order valence-electron chi connectivity index (χ2n) is 3.49. The molecule has 0 aliphatic heterocycles. The highest BCUT2D eigenvalue weighted by atomic mass is 16.7. The highest BCUT2D eigenvalue weighted by Gasteiger charge is 2.24. The molecule has 0 spiro atoms. The Balaban J connectivity index is 3.71. The number of ether oxygens (including phenoxy) is 2. The summed E-state index contributed by atoms with van der Waals surface area (Å²) in [4.78, 5) is 0. The van der Waals surface area contributed by atoms with Gasteiger partial charge < -0.3 is 9.47 Å². The minimum Gasteiger partial charge on any atom is -0.338 e. The zero-order chi connectivity index (χ0) is 10.9. The molecule has 3 nitrogen and oxygen atoms in total. The van der Waals surface area contributed by atoms with E-state index in [4.69, 9.17) is 15.2 Å². The molecule has 2 N–H and O–H groups in total. The Morgan fingerprint density at radius 1 is 0.929 bits per heavy atom. The molecule has 0 aliphatic rings. The standard InChI is InChI=1S/C11H25NO2/c1-4-7-8-9-10-11(12,13-5-2)14-6-3/h4-10,12H2,1-3H3. The molecular formula is C11H25NO2. The van der Waals surface area contributed by atoms with Gasteiger partial charge in [-0.15, -0.1) is 0 Å². The molecule has 86 valence electrons. The molecule has 0 radical (unpaired) electrons. The van der Waals surface area contributed by atoms with E-state index in [1.165, 1.54) is 19.3 Å². The van der Waals surface area contributed by atoms with Crippen LogP contribution in [0.1, 0.15) is 52.9 Å². The van der Waals surface area contributed by atoms with Crippen molar-refractivity contribution in [2.75, 3.05) is 13.2 Å². The topological polar surface area (TPSA) is 44.5 Å². The lowest BCUT2D eigenvalue weighted by Gasteiger charge is -2.28. The molecule has 0 aliphatic carbocycles. The van der Waals surface area contributed by atoms with Gasteiger partial charge in [-0.2, -0.15) is 0 Å². The van der Waals surface area contributed by atoms with Crippen molar-refractivity contribution in [2.45, 2.75) is 58.8 Å². The van der Waals surface area contributed by atoms with Gasteiger partial charge in [0, 0.05) is 19.6 Å². The molecule has 0 saturated heterocycles. The maximum Gasteiger partial charge on any atom is 0.224 e. The molecule has 0 aromatic carbocycles. The zero-order valence-electron chi connectivity index (χ0n) is 9.84. The molecule has 0 fully saturated rings. The van der Waals surface area contributed by atoms with Crippen molar-refractivity contribution < 1.29 is 9.47 Å². The van der Waals surface area contributed by atoms with Crippen LogP contribution in [0.25, 0.3) is 0 Å². The third kappa shape index (κ3) is 6.35. The number of unbranched alkanes of at least 4 members (excludes halogenated alkanes) is 3. The Morgan fingerprint density at radius 3 is 1.93 bits per heavy atom. The van der Waals surface area contributed by atoms with Crippen molar-refractivity contribution >= 4 is 0 Å². The van der Waals surface area contributed by atoms with Crippen LogP contribution in [0.15, 0.2) is 0 Å². The minimum atomic E-state index is -0.850. The average Bonchev–Trinajstić information content (AvgIpc) is 2.13. The Labute approximate surface area is 88.0 Å². The van der Waals surface area contributed by atoms with Crippen LogP contribution in [0.4, 0.5) is 0 Å². The Kier molecular flexibility index (Phi) is 8.14. The lowest BCUT2D eigenvalue weighted by Crippen LogP contribution is -2.45. The predicted octanol–water partition coefficient (Wildman–Crippen LogP) is 2.64. The molecule has 14 heavy (non-hydrogen) atoms. The summed E-state index contributed by atoms with van der Waals surface area (Å²) in [7, 11) is 0. The monoisotopic (exact) mass is 203 g/mol. The molecule has 3 heteroatoms. The quantitative estimate of drug-likeness (QED) is 0.463. The third-order valence-electron chi connectivity index (χ3n) is 2.16. The van der Waals surface area contributed by atoms with Crippen LogP contribution in [0.5, 0.6) is 0 Å². The molecule has 0 saturated carbocycles. The molecule has 0 unspecified atom stereocenters.